The number of aryl methyl sites for hydroxylation is 2. The van der Waals surface area contributed by atoms with Gasteiger partial charge in [0, 0.05) is 23.0 Å². The summed E-state index contributed by atoms with van der Waals surface area (Å²) in [5.74, 6) is 0. The van der Waals surface area contributed by atoms with Crippen LogP contribution in [0.5, 0.6) is 0 Å². The molecule has 2 aromatic heterocycles. The second kappa shape index (κ2) is 7.25. The summed E-state index contributed by atoms with van der Waals surface area (Å²) in [7, 11) is 0. The summed E-state index contributed by atoms with van der Waals surface area (Å²) in [6, 6.07) is 9.11. The first-order valence-corrected chi connectivity index (χ1v) is 9.35. The zero-order chi connectivity index (χ0) is 23.4. The molecule has 0 spiro atoms. The lowest BCUT2D eigenvalue weighted by atomic mass is 9.99. The maximum absolute atomic E-state index is 13.7. The molecular formula is C22H15F6N3O. The Bertz CT molecular complexity index is 1400. The van der Waals surface area contributed by atoms with Crippen molar-refractivity contribution in [1.82, 2.24) is 14.2 Å². The molecule has 2 aromatic carbocycles. The average molecular weight is 451 g/mol. The van der Waals surface area contributed by atoms with Crippen molar-refractivity contribution in [1.29, 1.82) is 0 Å². The lowest BCUT2D eigenvalue weighted by Gasteiger charge is -2.16. The Hall–Kier alpha value is -3.56. The van der Waals surface area contributed by atoms with Gasteiger partial charge < -0.3 is 4.57 Å². The average Bonchev–Trinajstić information content (AvgIpc) is 3.06. The largest absolute Gasteiger partial charge is 0.417 e. The van der Waals surface area contributed by atoms with Crippen molar-refractivity contribution in [3.63, 3.8) is 0 Å². The van der Waals surface area contributed by atoms with Crippen LogP contribution in [0, 0.1) is 13.8 Å². The summed E-state index contributed by atoms with van der Waals surface area (Å²) in [5, 5.41) is 4.12. The maximum atomic E-state index is 13.7. The molecule has 4 rings (SSSR count). The Morgan fingerprint density at radius 1 is 0.875 bits per heavy atom. The van der Waals surface area contributed by atoms with E-state index in [0.29, 0.717) is 0 Å². The van der Waals surface area contributed by atoms with Gasteiger partial charge in [-0.3, -0.25) is 4.79 Å². The fourth-order valence-corrected chi connectivity index (χ4v) is 3.65. The molecule has 2 heterocycles. The van der Waals surface area contributed by atoms with E-state index >= 15 is 0 Å². The number of alkyl halides is 6. The summed E-state index contributed by atoms with van der Waals surface area (Å²) in [4.78, 5) is 12.7. The van der Waals surface area contributed by atoms with Gasteiger partial charge in [0.1, 0.15) is 0 Å². The van der Waals surface area contributed by atoms with Crippen molar-refractivity contribution >= 4 is 5.65 Å². The number of rotatable bonds is 2. The molecule has 32 heavy (non-hydrogen) atoms. The molecule has 0 N–H and O–H groups in total. The van der Waals surface area contributed by atoms with Crippen molar-refractivity contribution in [2.45, 2.75) is 26.2 Å². The van der Waals surface area contributed by atoms with Gasteiger partial charge in [-0.05, 0) is 43.7 Å². The van der Waals surface area contributed by atoms with E-state index in [-0.39, 0.29) is 33.7 Å². The van der Waals surface area contributed by atoms with Crippen molar-refractivity contribution in [2.75, 3.05) is 0 Å². The maximum Gasteiger partial charge on any atom is 0.417 e. The Kier molecular flexibility index (Phi) is 4.91. The highest BCUT2D eigenvalue weighted by Crippen LogP contribution is 2.40. The molecule has 0 atom stereocenters. The molecule has 4 aromatic rings. The molecule has 0 bridgehead atoms. The monoisotopic (exact) mass is 451 g/mol. The van der Waals surface area contributed by atoms with E-state index in [1.165, 1.54) is 54.9 Å². The number of benzene rings is 2. The van der Waals surface area contributed by atoms with E-state index < -0.39 is 29.0 Å². The normalized spacial score (nSPS) is 12.5. The van der Waals surface area contributed by atoms with E-state index in [0.717, 1.165) is 22.7 Å². The minimum Gasteiger partial charge on any atom is -0.301 e. The first kappa shape index (κ1) is 21.7. The molecule has 4 nitrogen and oxygen atoms in total. The minimum absolute atomic E-state index is 0.00689. The van der Waals surface area contributed by atoms with Crippen LogP contribution in [-0.4, -0.2) is 14.2 Å². The van der Waals surface area contributed by atoms with Gasteiger partial charge in [0.15, 0.2) is 5.65 Å². The van der Waals surface area contributed by atoms with Crippen LogP contribution in [0.25, 0.3) is 22.5 Å². The van der Waals surface area contributed by atoms with Crippen molar-refractivity contribution in [3.8, 4) is 16.8 Å². The van der Waals surface area contributed by atoms with Gasteiger partial charge in [-0.2, -0.15) is 36.0 Å². The number of hydrogen-bond donors (Lipinski definition) is 0. The Morgan fingerprint density at radius 3 is 2.22 bits per heavy atom. The number of nitrogens with zero attached hydrogens (tertiary/aromatic N) is 3. The highest BCUT2D eigenvalue weighted by molar-refractivity contribution is 5.83. The summed E-state index contributed by atoms with van der Waals surface area (Å²) in [5.41, 5.74) is -2.42. The lowest BCUT2D eigenvalue weighted by Crippen LogP contribution is -2.21. The SMILES string of the molecule is Cc1nn2c(=O)c(C)cn(-c3cccc(C(F)(F)F)c3)c2c1-c1ccccc1C(F)(F)F. The van der Waals surface area contributed by atoms with Crippen LogP contribution in [0.2, 0.25) is 0 Å². The number of halogens is 6. The topological polar surface area (TPSA) is 39.3 Å². The van der Waals surface area contributed by atoms with Crippen LogP contribution < -0.4 is 5.56 Å². The summed E-state index contributed by atoms with van der Waals surface area (Å²) < 4.78 is 83.1. The second-order valence-corrected chi connectivity index (χ2v) is 7.27. The highest BCUT2D eigenvalue weighted by Gasteiger charge is 2.35. The van der Waals surface area contributed by atoms with Crippen molar-refractivity contribution in [3.05, 3.63) is 87.5 Å². The van der Waals surface area contributed by atoms with E-state index in [9.17, 15) is 31.1 Å². The van der Waals surface area contributed by atoms with Crippen LogP contribution in [0.1, 0.15) is 22.4 Å². The minimum atomic E-state index is -4.69. The lowest BCUT2D eigenvalue weighted by molar-refractivity contribution is -0.138. The first-order valence-electron chi connectivity index (χ1n) is 9.35. The standard InChI is InChI=1S/C22H15F6N3O/c1-12-11-30(15-7-5-6-14(10-15)21(23,24)25)19-18(13(2)29-31(19)20(12)32)16-8-3-4-9-17(16)22(26,27)28/h3-11H,1-2H3. The third-order valence-corrected chi connectivity index (χ3v) is 5.07. The van der Waals surface area contributed by atoms with Gasteiger partial charge in [0.2, 0.25) is 0 Å². The molecule has 166 valence electrons. The Morgan fingerprint density at radius 2 is 1.56 bits per heavy atom. The Labute approximate surface area is 177 Å². The molecule has 0 amide bonds. The van der Waals surface area contributed by atoms with Crippen molar-refractivity contribution < 1.29 is 26.3 Å². The van der Waals surface area contributed by atoms with Crippen LogP contribution >= 0.6 is 0 Å². The molecule has 0 saturated heterocycles. The molecule has 10 heteroatoms. The van der Waals surface area contributed by atoms with Crippen LogP contribution in [0.3, 0.4) is 0 Å². The second-order valence-electron chi connectivity index (χ2n) is 7.27. The number of fused-ring (bicyclic) bond motifs is 1. The van der Waals surface area contributed by atoms with Gasteiger partial charge in [-0.15, -0.1) is 0 Å². The van der Waals surface area contributed by atoms with Crippen molar-refractivity contribution in [2.24, 2.45) is 0 Å². The molecule has 0 radical (unpaired) electrons. The van der Waals surface area contributed by atoms with Gasteiger partial charge in [-0.1, -0.05) is 24.3 Å². The number of hydrogen-bond acceptors (Lipinski definition) is 2. The van der Waals surface area contributed by atoms with Gasteiger partial charge in [-0.25, -0.2) is 0 Å². The molecule has 0 saturated carbocycles. The van der Waals surface area contributed by atoms with E-state index in [4.69, 9.17) is 0 Å². The van der Waals surface area contributed by atoms with Crippen LogP contribution in [0.15, 0.2) is 59.5 Å². The van der Waals surface area contributed by atoms with E-state index in [1.54, 1.807) is 0 Å². The fraction of sp³-hybridized carbons (Fsp3) is 0.182. The van der Waals surface area contributed by atoms with E-state index in [2.05, 4.69) is 5.10 Å². The quantitative estimate of drug-likeness (QED) is 0.361. The number of aromatic nitrogens is 3. The first-order chi connectivity index (χ1) is 14.9. The van der Waals surface area contributed by atoms with Crippen LogP contribution in [-0.2, 0) is 12.4 Å². The Balaban J connectivity index is 2.14. The fourth-order valence-electron chi connectivity index (χ4n) is 3.65. The van der Waals surface area contributed by atoms with Gasteiger partial charge >= 0.3 is 12.4 Å². The summed E-state index contributed by atoms with van der Waals surface area (Å²) in [6.07, 6.45) is -8.01. The molecular weight excluding hydrogens is 436 g/mol. The zero-order valence-electron chi connectivity index (χ0n) is 16.7. The molecule has 0 fully saturated rings. The molecule has 0 aliphatic rings. The van der Waals surface area contributed by atoms with Gasteiger partial charge in [0.05, 0.1) is 16.8 Å². The zero-order valence-corrected chi connectivity index (χ0v) is 16.7. The third-order valence-electron chi connectivity index (χ3n) is 5.07. The summed E-state index contributed by atoms with van der Waals surface area (Å²) >= 11 is 0. The third kappa shape index (κ3) is 3.55. The smallest absolute Gasteiger partial charge is 0.301 e. The molecule has 0 unspecified atom stereocenters. The summed E-state index contributed by atoms with van der Waals surface area (Å²) in [6.45, 7) is 2.90. The predicted molar refractivity (Wildman–Crippen MR) is 106 cm³/mol. The highest BCUT2D eigenvalue weighted by atomic mass is 19.4. The van der Waals surface area contributed by atoms with E-state index in [1.807, 2.05) is 0 Å². The van der Waals surface area contributed by atoms with Gasteiger partial charge in [0.25, 0.3) is 5.56 Å². The molecule has 0 aliphatic carbocycles. The predicted octanol–water partition coefficient (Wildman–Crippen LogP) is 5.81. The van der Waals surface area contributed by atoms with Crippen LogP contribution in [0.4, 0.5) is 26.3 Å². The molecule has 0 aliphatic heterocycles.